The van der Waals surface area contributed by atoms with Gasteiger partial charge in [0.15, 0.2) is 5.69 Å². The number of rotatable bonds is 6. The van der Waals surface area contributed by atoms with Crippen molar-refractivity contribution in [1.82, 2.24) is 15.1 Å². The van der Waals surface area contributed by atoms with Crippen molar-refractivity contribution in [2.75, 3.05) is 24.2 Å². The second-order valence-corrected chi connectivity index (χ2v) is 6.90. The quantitative estimate of drug-likeness (QED) is 0.650. The molecule has 0 radical (unpaired) electrons. The van der Waals surface area contributed by atoms with Crippen LogP contribution in [0.2, 0.25) is 0 Å². The highest BCUT2D eigenvalue weighted by Crippen LogP contribution is 2.27. The van der Waals surface area contributed by atoms with E-state index in [0.717, 1.165) is 30.8 Å². The lowest BCUT2D eigenvalue weighted by Crippen LogP contribution is -2.32. The summed E-state index contributed by atoms with van der Waals surface area (Å²) in [7, 11) is 0. The summed E-state index contributed by atoms with van der Waals surface area (Å²) in [5.41, 5.74) is 6.21. The standard InChI is InChI=1S/C17H21N5O2S.ClH/c18-16(23)11-25-15-6-2-1-5-13(15)20-17(24)14-7-9-22(21-14)12-4-3-8-19-10-12;/h1-2,5-7,9,12,19H,3-4,8,10-11H2,(H2,18,23)(H,20,24);1H. The number of carbonyl (C=O) groups excluding carboxylic acids is 2. The number of aromatic nitrogens is 2. The number of nitrogens with zero attached hydrogens (tertiary/aromatic N) is 2. The molecule has 1 aromatic carbocycles. The molecule has 1 fully saturated rings. The zero-order chi connectivity index (χ0) is 17.6. The average Bonchev–Trinajstić information content (AvgIpc) is 3.12. The lowest BCUT2D eigenvalue weighted by molar-refractivity contribution is -0.115. The summed E-state index contributed by atoms with van der Waals surface area (Å²) < 4.78 is 1.86. The fourth-order valence-electron chi connectivity index (χ4n) is 2.75. The van der Waals surface area contributed by atoms with E-state index >= 15 is 0 Å². The van der Waals surface area contributed by atoms with Crippen molar-refractivity contribution < 1.29 is 9.59 Å². The van der Waals surface area contributed by atoms with Gasteiger partial charge in [-0.1, -0.05) is 12.1 Å². The molecular weight excluding hydrogens is 374 g/mol. The van der Waals surface area contributed by atoms with Gasteiger partial charge in [-0.05, 0) is 37.6 Å². The number of amides is 2. The first-order valence-electron chi connectivity index (χ1n) is 8.21. The van der Waals surface area contributed by atoms with E-state index < -0.39 is 5.91 Å². The van der Waals surface area contributed by atoms with Crippen LogP contribution in [0, 0.1) is 0 Å². The third-order valence-electron chi connectivity index (χ3n) is 3.99. The third kappa shape index (κ3) is 5.23. The van der Waals surface area contributed by atoms with Crippen LogP contribution in [0.15, 0.2) is 41.4 Å². The SMILES string of the molecule is Cl.NC(=O)CSc1ccccc1NC(=O)c1ccn(C2CCCNC2)n1. The Kier molecular flexibility index (Phi) is 7.50. The number of carbonyl (C=O) groups is 2. The number of thioether (sulfide) groups is 1. The van der Waals surface area contributed by atoms with E-state index in [2.05, 4.69) is 15.7 Å². The fraction of sp³-hybridized carbons (Fsp3) is 0.353. The molecule has 1 aliphatic heterocycles. The maximum Gasteiger partial charge on any atom is 0.276 e. The second kappa shape index (κ2) is 9.61. The molecule has 1 saturated heterocycles. The zero-order valence-corrected chi connectivity index (χ0v) is 15.8. The van der Waals surface area contributed by atoms with E-state index in [-0.39, 0.29) is 30.1 Å². The first-order chi connectivity index (χ1) is 12.1. The first kappa shape index (κ1) is 20.3. The Morgan fingerprint density at radius 1 is 1.35 bits per heavy atom. The summed E-state index contributed by atoms with van der Waals surface area (Å²) in [5.74, 6) is -0.503. The summed E-state index contributed by atoms with van der Waals surface area (Å²) >= 11 is 1.30. The number of nitrogens with one attached hydrogen (secondary N) is 2. The van der Waals surface area contributed by atoms with Gasteiger partial charge in [-0.15, -0.1) is 24.2 Å². The van der Waals surface area contributed by atoms with Crippen molar-refractivity contribution in [3.8, 4) is 0 Å². The van der Waals surface area contributed by atoms with Crippen LogP contribution in [0.1, 0.15) is 29.4 Å². The maximum atomic E-state index is 12.5. The fourth-order valence-corrected chi connectivity index (χ4v) is 3.50. The van der Waals surface area contributed by atoms with Crippen molar-refractivity contribution in [2.45, 2.75) is 23.8 Å². The van der Waals surface area contributed by atoms with Gasteiger partial charge in [0, 0.05) is 17.6 Å². The van der Waals surface area contributed by atoms with E-state index in [4.69, 9.17) is 5.73 Å². The van der Waals surface area contributed by atoms with Crippen molar-refractivity contribution >= 4 is 41.7 Å². The van der Waals surface area contributed by atoms with Gasteiger partial charge in [-0.3, -0.25) is 14.3 Å². The van der Waals surface area contributed by atoms with E-state index in [1.54, 1.807) is 12.1 Å². The molecule has 140 valence electrons. The normalized spacial score (nSPS) is 16.5. The predicted molar refractivity (Wildman–Crippen MR) is 105 cm³/mol. The molecule has 0 saturated carbocycles. The Morgan fingerprint density at radius 3 is 2.88 bits per heavy atom. The lowest BCUT2D eigenvalue weighted by Gasteiger charge is -2.22. The van der Waals surface area contributed by atoms with Crippen LogP contribution in [0.3, 0.4) is 0 Å². The molecule has 0 spiro atoms. The molecule has 7 nitrogen and oxygen atoms in total. The van der Waals surface area contributed by atoms with Crippen LogP contribution in [0.25, 0.3) is 0 Å². The van der Waals surface area contributed by atoms with E-state index in [9.17, 15) is 9.59 Å². The lowest BCUT2D eigenvalue weighted by atomic mass is 10.1. The molecule has 3 rings (SSSR count). The highest BCUT2D eigenvalue weighted by atomic mass is 35.5. The molecule has 2 amide bonds. The molecule has 9 heteroatoms. The summed E-state index contributed by atoms with van der Waals surface area (Å²) in [6, 6.07) is 9.33. The van der Waals surface area contributed by atoms with Crippen LogP contribution in [-0.2, 0) is 4.79 Å². The van der Waals surface area contributed by atoms with Gasteiger partial charge in [0.05, 0.1) is 17.5 Å². The summed E-state index contributed by atoms with van der Waals surface area (Å²) in [4.78, 5) is 24.3. The Hall–Kier alpha value is -2.03. The number of anilines is 1. The monoisotopic (exact) mass is 395 g/mol. The maximum absolute atomic E-state index is 12.5. The van der Waals surface area contributed by atoms with Crippen LogP contribution in [0.5, 0.6) is 0 Å². The topological polar surface area (TPSA) is 102 Å². The largest absolute Gasteiger partial charge is 0.369 e. The number of para-hydroxylation sites is 1. The van der Waals surface area contributed by atoms with Gasteiger partial charge < -0.3 is 16.4 Å². The number of piperidine rings is 1. The Bertz CT molecular complexity index is 761. The number of hydrogen-bond donors (Lipinski definition) is 3. The number of primary amides is 1. The number of halogens is 1. The minimum atomic E-state index is -0.397. The zero-order valence-electron chi connectivity index (χ0n) is 14.2. The molecule has 0 aliphatic carbocycles. The van der Waals surface area contributed by atoms with Crippen molar-refractivity contribution in [1.29, 1.82) is 0 Å². The minimum Gasteiger partial charge on any atom is -0.369 e. The molecule has 2 aromatic rings. The number of hydrogen-bond acceptors (Lipinski definition) is 5. The third-order valence-corrected chi connectivity index (χ3v) is 5.09. The van der Waals surface area contributed by atoms with Gasteiger partial charge in [-0.2, -0.15) is 5.10 Å². The van der Waals surface area contributed by atoms with Crippen LogP contribution in [-0.4, -0.2) is 40.4 Å². The molecule has 26 heavy (non-hydrogen) atoms. The number of nitrogens with two attached hydrogens (primary N) is 1. The average molecular weight is 396 g/mol. The molecule has 1 aliphatic rings. The predicted octanol–water partition coefficient (Wildman–Crippen LogP) is 2.06. The van der Waals surface area contributed by atoms with E-state index in [1.807, 2.05) is 29.1 Å². The highest BCUT2D eigenvalue weighted by molar-refractivity contribution is 8.00. The molecular formula is C17H22ClN5O2S. The Balaban J connectivity index is 0.00000243. The highest BCUT2D eigenvalue weighted by Gasteiger charge is 2.18. The second-order valence-electron chi connectivity index (χ2n) is 5.89. The molecule has 4 N–H and O–H groups in total. The molecule has 0 bridgehead atoms. The summed E-state index contributed by atoms with van der Waals surface area (Å²) in [5, 5.41) is 10.6. The van der Waals surface area contributed by atoms with Crippen molar-refractivity contribution in [3.05, 3.63) is 42.2 Å². The first-order valence-corrected chi connectivity index (χ1v) is 9.19. The van der Waals surface area contributed by atoms with Gasteiger partial charge in [-0.25, -0.2) is 0 Å². The molecule has 2 heterocycles. The van der Waals surface area contributed by atoms with Crippen LogP contribution in [0.4, 0.5) is 5.69 Å². The van der Waals surface area contributed by atoms with Crippen molar-refractivity contribution in [3.63, 3.8) is 0 Å². The van der Waals surface area contributed by atoms with E-state index in [1.165, 1.54) is 11.8 Å². The van der Waals surface area contributed by atoms with Crippen LogP contribution < -0.4 is 16.4 Å². The minimum absolute atomic E-state index is 0. The van der Waals surface area contributed by atoms with Gasteiger partial charge in [0.2, 0.25) is 5.91 Å². The van der Waals surface area contributed by atoms with E-state index in [0.29, 0.717) is 11.4 Å². The molecule has 1 unspecified atom stereocenters. The summed E-state index contributed by atoms with van der Waals surface area (Å²) in [6.07, 6.45) is 4.01. The van der Waals surface area contributed by atoms with Gasteiger partial charge >= 0.3 is 0 Å². The molecule has 1 atom stereocenters. The van der Waals surface area contributed by atoms with Gasteiger partial charge in [0.25, 0.3) is 5.91 Å². The smallest absolute Gasteiger partial charge is 0.276 e. The summed E-state index contributed by atoms with van der Waals surface area (Å²) in [6.45, 7) is 1.90. The van der Waals surface area contributed by atoms with Crippen molar-refractivity contribution in [2.24, 2.45) is 5.73 Å². The number of benzene rings is 1. The Morgan fingerprint density at radius 2 is 2.15 bits per heavy atom. The Labute approximate surface area is 162 Å². The molecule has 1 aromatic heterocycles. The van der Waals surface area contributed by atoms with Crippen LogP contribution >= 0.6 is 24.2 Å². The van der Waals surface area contributed by atoms with Gasteiger partial charge in [0.1, 0.15) is 0 Å².